The van der Waals surface area contributed by atoms with Crippen LogP contribution in [0.25, 0.3) is 0 Å². The Balaban J connectivity index is 0. The van der Waals surface area contributed by atoms with Crippen molar-refractivity contribution >= 4 is 11.6 Å². The van der Waals surface area contributed by atoms with Crippen LogP contribution in [0.2, 0.25) is 0 Å². The van der Waals surface area contributed by atoms with Crippen LogP contribution >= 0.6 is 11.6 Å². The summed E-state index contributed by atoms with van der Waals surface area (Å²) in [4.78, 5) is 0. The summed E-state index contributed by atoms with van der Waals surface area (Å²) in [5, 5.41) is 8.94. The molecule has 2 nitrogen and oxygen atoms in total. The molecule has 0 fully saturated rings. The minimum atomic E-state index is -0.265. The van der Waals surface area contributed by atoms with Gasteiger partial charge in [-0.25, -0.2) is 0 Å². The molecule has 1 atom stereocenters. The third-order valence-corrected chi connectivity index (χ3v) is 1.73. The van der Waals surface area contributed by atoms with E-state index in [1.165, 1.54) is 0 Å². The predicted molar refractivity (Wildman–Crippen MR) is 39.4 cm³/mol. The molecule has 0 bridgehead atoms. The zero-order valence-electron chi connectivity index (χ0n) is 6.64. The van der Waals surface area contributed by atoms with E-state index in [1.54, 1.807) is 6.92 Å². The summed E-state index contributed by atoms with van der Waals surface area (Å²) in [6.45, 7) is 2.48. The molecule has 0 aromatic rings. The van der Waals surface area contributed by atoms with E-state index in [9.17, 15) is 0 Å². The third kappa shape index (κ3) is 7.05. The van der Waals surface area contributed by atoms with Crippen molar-refractivity contribution < 1.29 is 33.6 Å². The first kappa shape index (κ1) is 13.5. The van der Waals surface area contributed by atoms with Gasteiger partial charge in [0, 0.05) is 0 Å². The Hall–Kier alpha value is 0.940. The predicted octanol–water partition coefficient (Wildman–Crippen LogP) is -2.36. The molecule has 0 heterocycles. The monoisotopic (exact) mass is 279 g/mol. The number of alkyl halides is 1. The molecule has 0 spiro atoms. The van der Waals surface area contributed by atoms with Crippen molar-refractivity contribution in [2.24, 2.45) is 0 Å². The number of aliphatic hydroxyl groups is 1. The van der Waals surface area contributed by atoms with Crippen molar-refractivity contribution in [3.63, 3.8) is 0 Å². The number of nitrogens with zero attached hydrogens (tertiary/aromatic N) is 1. The number of hydrogen-bond acceptors (Lipinski definition) is 1. The molecule has 0 amide bonds. The van der Waals surface area contributed by atoms with Crippen LogP contribution in [0, 0.1) is 0 Å². The molecule has 0 aliphatic carbocycles. The molecule has 0 rings (SSSR count). The Labute approximate surface area is 84.8 Å². The highest BCUT2D eigenvalue weighted by molar-refractivity contribution is 6.16. The van der Waals surface area contributed by atoms with Crippen molar-refractivity contribution in [3.05, 3.63) is 0 Å². The number of quaternary nitrogens is 1. The van der Waals surface area contributed by atoms with Crippen LogP contribution in [-0.4, -0.2) is 42.3 Å². The van der Waals surface area contributed by atoms with Gasteiger partial charge < -0.3 is 33.6 Å². The molecule has 1 N–H and O–H groups in total. The summed E-state index contributed by atoms with van der Waals surface area (Å²) >= 11 is 5.60. The Morgan fingerprint density at radius 2 is 1.90 bits per heavy atom. The Bertz CT molecular complexity index is 87.8. The molecule has 10 heavy (non-hydrogen) atoms. The van der Waals surface area contributed by atoms with E-state index in [2.05, 4.69) is 0 Å². The second-order valence-corrected chi connectivity index (χ2v) is 3.33. The highest BCUT2D eigenvalue weighted by atomic mass is 127. The summed E-state index contributed by atoms with van der Waals surface area (Å²) in [7, 11) is 3.97. The maximum atomic E-state index is 8.94. The summed E-state index contributed by atoms with van der Waals surface area (Å²) in [5.74, 6) is 0. The van der Waals surface area contributed by atoms with Crippen molar-refractivity contribution in [1.29, 1.82) is 0 Å². The highest BCUT2D eigenvalue weighted by Crippen LogP contribution is 2.00. The lowest BCUT2D eigenvalue weighted by atomic mass is 10.3. The molecule has 0 aromatic heterocycles. The lowest BCUT2D eigenvalue weighted by Crippen LogP contribution is -3.00. The van der Waals surface area contributed by atoms with Crippen LogP contribution in [0.3, 0.4) is 0 Å². The van der Waals surface area contributed by atoms with Gasteiger partial charge in [0.25, 0.3) is 0 Å². The van der Waals surface area contributed by atoms with E-state index in [-0.39, 0.29) is 30.1 Å². The first-order valence-corrected chi connectivity index (χ1v) is 3.57. The average Bonchev–Trinajstić information content (AvgIpc) is 1.63. The molecule has 64 valence electrons. The van der Waals surface area contributed by atoms with Gasteiger partial charge in [-0.05, 0) is 6.92 Å². The second-order valence-electron chi connectivity index (χ2n) is 3.09. The summed E-state index contributed by atoms with van der Waals surface area (Å²) < 4.78 is 0.666. The molecule has 0 saturated carbocycles. The first-order chi connectivity index (χ1) is 3.98. The van der Waals surface area contributed by atoms with E-state index in [0.717, 1.165) is 0 Å². The van der Waals surface area contributed by atoms with Gasteiger partial charge in [-0.3, -0.25) is 0 Å². The minimum Gasteiger partial charge on any atom is -1.00 e. The van der Waals surface area contributed by atoms with E-state index in [4.69, 9.17) is 16.7 Å². The SMILES string of the molecule is CC(O)C[N+](C)(C)CCl.[I-]. The molecule has 0 aliphatic rings. The number of rotatable bonds is 3. The van der Waals surface area contributed by atoms with Crippen LogP contribution < -0.4 is 24.0 Å². The Morgan fingerprint density at radius 3 is 2.00 bits per heavy atom. The molecule has 0 radical (unpaired) electrons. The van der Waals surface area contributed by atoms with Gasteiger partial charge in [-0.1, -0.05) is 11.6 Å². The minimum absolute atomic E-state index is 0. The molecule has 0 aromatic carbocycles. The standard InChI is InChI=1S/C6H15ClNO.HI/c1-6(9)4-8(2,3)5-7;/h6,9H,4-5H2,1-3H3;1H/q+1;/p-1. The maximum Gasteiger partial charge on any atom is 0.154 e. The van der Waals surface area contributed by atoms with Crippen molar-refractivity contribution in [3.8, 4) is 0 Å². The van der Waals surface area contributed by atoms with E-state index in [0.29, 0.717) is 17.0 Å². The summed E-state index contributed by atoms with van der Waals surface area (Å²) in [6.07, 6.45) is -0.265. The largest absolute Gasteiger partial charge is 1.00 e. The van der Waals surface area contributed by atoms with Crippen LogP contribution in [0.4, 0.5) is 0 Å². The number of halogens is 2. The summed E-state index contributed by atoms with van der Waals surface area (Å²) in [5.41, 5.74) is 0. The number of likely N-dealkylation sites (N-methyl/N-ethyl adjacent to an activating group) is 1. The van der Waals surface area contributed by atoms with Crippen molar-refractivity contribution in [1.82, 2.24) is 0 Å². The van der Waals surface area contributed by atoms with Gasteiger partial charge in [-0.15, -0.1) is 0 Å². The van der Waals surface area contributed by atoms with Gasteiger partial charge in [0.1, 0.15) is 12.6 Å². The van der Waals surface area contributed by atoms with Gasteiger partial charge in [0.15, 0.2) is 6.00 Å². The lowest BCUT2D eigenvalue weighted by molar-refractivity contribution is -0.882. The van der Waals surface area contributed by atoms with Gasteiger partial charge in [0.05, 0.1) is 14.1 Å². The van der Waals surface area contributed by atoms with Crippen molar-refractivity contribution in [2.45, 2.75) is 13.0 Å². The fraction of sp³-hybridized carbons (Fsp3) is 1.00. The average molecular weight is 280 g/mol. The maximum absolute atomic E-state index is 8.94. The second kappa shape index (κ2) is 5.57. The zero-order chi connectivity index (χ0) is 7.49. The fourth-order valence-corrected chi connectivity index (χ4v) is 0.862. The topological polar surface area (TPSA) is 20.2 Å². The fourth-order valence-electron chi connectivity index (χ4n) is 0.764. The first-order valence-electron chi connectivity index (χ1n) is 3.04. The molecule has 1 unspecified atom stereocenters. The molecular formula is C6H15ClINO. The van der Waals surface area contributed by atoms with E-state index in [1.807, 2.05) is 14.1 Å². The van der Waals surface area contributed by atoms with Gasteiger partial charge >= 0.3 is 0 Å². The third-order valence-electron chi connectivity index (χ3n) is 1.08. The molecule has 0 saturated heterocycles. The molecular weight excluding hydrogens is 264 g/mol. The van der Waals surface area contributed by atoms with Crippen LogP contribution in [-0.2, 0) is 0 Å². The Kier molecular flexibility index (Phi) is 7.54. The van der Waals surface area contributed by atoms with Gasteiger partial charge in [0.2, 0.25) is 0 Å². The molecule has 0 aliphatic heterocycles. The van der Waals surface area contributed by atoms with Crippen molar-refractivity contribution in [2.75, 3.05) is 26.6 Å². The van der Waals surface area contributed by atoms with E-state index < -0.39 is 0 Å². The van der Waals surface area contributed by atoms with Gasteiger partial charge in [-0.2, -0.15) is 0 Å². The Morgan fingerprint density at radius 1 is 1.50 bits per heavy atom. The van der Waals surface area contributed by atoms with Crippen LogP contribution in [0.1, 0.15) is 6.92 Å². The highest BCUT2D eigenvalue weighted by Gasteiger charge is 2.15. The number of aliphatic hydroxyl groups excluding tert-OH is 1. The quantitative estimate of drug-likeness (QED) is 0.265. The summed E-state index contributed by atoms with van der Waals surface area (Å²) in [6, 6.07) is 0.547. The zero-order valence-corrected chi connectivity index (χ0v) is 9.56. The van der Waals surface area contributed by atoms with E-state index >= 15 is 0 Å². The van der Waals surface area contributed by atoms with Crippen LogP contribution in [0.5, 0.6) is 0 Å². The van der Waals surface area contributed by atoms with Crippen LogP contribution in [0.15, 0.2) is 0 Å². The normalized spacial score (nSPS) is 14.1. The molecule has 4 heteroatoms. The number of hydrogen-bond donors (Lipinski definition) is 1. The smallest absolute Gasteiger partial charge is 0.154 e. The lowest BCUT2D eigenvalue weighted by Gasteiger charge is -2.27.